The van der Waals surface area contributed by atoms with Crippen LogP contribution in [0.15, 0.2) is 65.4 Å². The van der Waals surface area contributed by atoms with Crippen molar-refractivity contribution < 1.29 is 4.79 Å². The number of aromatic amines is 1. The minimum absolute atomic E-state index is 0.127. The van der Waals surface area contributed by atoms with Crippen molar-refractivity contribution in [1.82, 2.24) is 20.1 Å². The van der Waals surface area contributed by atoms with Gasteiger partial charge >= 0.3 is 0 Å². The van der Waals surface area contributed by atoms with E-state index < -0.39 is 0 Å². The molecule has 0 atom stereocenters. The largest absolute Gasteiger partial charge is 0.350 e. The lowest BCUT2D eigenvalue weighted by Gasteiger charge is -2.02. The van der Waals surface area contributed by atoms with Gasteiger partial charge in [0.1, 0.15) is 5.69 Å². The number of H-pyrrole nitrogens is 1. The number of halogens is 1. The number of carbonyl (C=O) groups excluding carboxylic acids is 1. The summed E-state index contributed by atoms with van der Waals surface area (Å²) in [6.07, 6.45) is 3.75. The van der Waals surface area contributed by atoms with Gasteiger partial charge in [-0.2, -0.15) is 5.10 Å². The zero-order valence-electron chi connectivity index (χ0n) is 14.9. The molecule has 0 saturated carbocycles. The van der Waals surface area contributed by atoms with E-state index in [0.29, 0.717) is 18.8 Å². The smallest absolute Gasteiger partial charge is 0.267 e. The fourth-order valence-corrected chi connectivity index (χ4v) is 3.72. The Morgan fingerprint density at radius 3 is 2.81 bits per heavy atom. The van der Waals surface area contributed by atoms with E-state index in [1.54, 1.807) is 6.20 Å². The van der Waals surface area contributed by atoms with E-state index in [1.807, 2.05) is 54.2 Å². The molecule has 0 fully saturated rings. The van der Waals surface area contributed by atoms with Crippen LogP contribution in [0.25, 0.3) is 10.9 Å². The first-order chi connectivity index (χ1) is 13.1. The molecule has 136 valence electrons. The second-order valence-electron chi connectivity index (χ2n) is 6.58. The van der Waals surface area contributed by atoms with Gasteiger partial charge in [0, 0.05) is 33.7 Å². The number of carbonyl (C=O) groups is 1. The number of benzene rings is 2. The highest BCUT2D eigenvalue weighted by Gasteiger charge is 2.11. The van der Waals surface area contributed by atoms with Crippen molar-refractivity contribution in [3.05, 3.63) is 87.8 Å². The maximum absolute atomic E-state index is 12.5. The Bertz CT molecular complexity index is 1100. The van der Waals surface area contributed by atoms with Crippen LogP contribution >= 0.6 is 15.9 Å². The van der Waals surface area contributed by atoms with Crippen LogP contribution in [-0.4, -0.2) is 20.7 Å². The summed E-state index contributed by atoms with van der Waals surface area (Å²) >= 11 is 3.49. The molecule has 4 aromatic rings. The third kappa shape index (κ3) is 3.95. The SMILES string of the molecule is Cc1cc(Br)cc2cc(C(=O)NCc3cnn(Cc4ccccc4)c3)[nH]c12. The Morgan fingerprint density at radius 2 is 2.00 bits per heavy atom. The predicted octanol–water partition coefficient (Wildman–Crippen LogP) is 4.41. The number of nitrogens with one attached hydrogen (secondary N) is 2. The number of rotatable bonds is 5. The number of hydrogen-bond donors (Lipinski definition) is 2. The Morgan fingerprint density at radius 1 is 1.19 bits per heavy atom. The van der Waals surface area contributed by atoms with Gasteiger partial charge in [-0.3, -0.25) is 9.48 Å². The summed E-state index contributed by atoms with van der Waals surface area (Å²) in [6.45, 7) is 3.17. The average molecular weight is 423 g/mol. The van der Waals surface area contributed by atoms with Crippen molar-refractivity contribution in [1.29, 1.82) is 0 Å². The molecule has 6 heteroatoms. The molecule has 0 unspecified atom stereocenters. The quantitative estimate of drug-likeness (QED) is 0.500. The molecule has 0 radical (unpaired) electrons. The fourth-order valence-electron chi connectivity index (χ4n) is 3.13. The Balaban J connectivity index is 1.42. The zero-order chi connectivity index (χ0) is 18.8. The van der Waals surface area contributed by atoms with E-state index in [9.17, 15) is 4.79 Å². The van der Waals surface area contributed by atoms with Crippen molar-refractivity contribution in [2.45, 2.75) is 20.0 Å². The number of aromatic nitrogens is 3. The van der Waals surface area contributed by atoms with Gasteiger partial charge in [0.15, 0.2) is 0 Å². The third-order valence-electron chi connectivity index (χ3n) is 4.46. The molecule has 2 N–H and O–H groups in total. The molecular formula is C21H19BrN4O. The minimum atomic E-state index is -0.127. The maximum Gasteiger partial charge on any atom is 0.267 e. The summed E-state index contributed by atoms with van der Waals surface area (Å²) in [6, 6.07) is 16.1. The summed E-state index contributed by atoms with van der Waals surface area (Å²) in [5, 5.41) is 8.34. The van der Waals surface area contributed by atoms with Gasteiger partial charge in [-0.05, 0) is 36.2 Å². The second-order valence-corrected chi connectivity index (χ2v) is 7.50. The Hall–Kier alpha value is -2.86. The number of aryl methyl sites for hydroxylation is 1. The molecule has 4 rings (SSSR count). The molecular weight excluding hydrogens is 404 g/mol. The van der Waals surface area contributed by atoms with Crippen LogP contribution in [0.1, 0.15) is 27.2 Å². The Kier molecular flexibility index (Phi) is 4.81. The first-order valence-corrected chi connectivity index (χ1v) is 9.50. The molecule has 27 heavy (non-hydrogen) atoms. The number of amides is 1. The van der Waals surface area contributed by atoms with Crippen LogP contribution < -0.4 is 5.32 Å². The molecule has 2 aromatic carbocycles. The van der Waals surface area contributed by atoms with Gasteiger partial charge in [-0.25, -0.2) is 0 Å². The monoisotopic (exact) mass is 422 g/mol. The third-order valence-corrected chi connectivity index (χ3v) is 4.92. The highest BCUT2D eigenvalue weighted by molar-refractivity contribution is 9.10. The predicted molar refractivity (Wildman–Crippen MR) is 110 cm³/mol. The molecule has 0 aliphatic carbocycles. The molecule has 0 aliphatic heterocycles. The van der Waals surface area contributed by atoms with Crippen LogP contribution in [0, 0.1) is 6.92 Å². The summed E-state index contributed by atoms with van der Waals surface area (Å²) in [5.74, 6) is -0.127. The summed E-state index contributed by atoms with van der Waals surface area (Å²) in [7, 11) is 0. The van der Waals surface area contributed by atoms with Gasteiger partial charge in [0.2, 0.25) is 0 Å². The summed E-state index contributed by atoms with van der Waals surface area (Å²) in [4.78, 5) is 15.7. The first kappa shape index (κ1) is 17.5. The first-order valence-electron chi connectivity index (χ1n) is 8.71. The highest BCUT2D eigenvalue weighted by atomic mass is 79.9. The van der Waals surface area contributed by atoms with Crippen molar-refractivity contribution >= 4 is 32.7 Å². The number of fused-ring (bicyclic) bond motifs is 1. The molecule has 0 saturated heterocycles. The van der Waals surface area contributed by atoms with Crippen molar-refractivity contribution in [2.75, 3.05) is 0 Å². The molecule has 0 bridgehead atoms. The van der Waals surface area contributed by atoms with E-state index >= 15 is 0 Å². The van der Waals surface area contributed by atoms with Gasteiger partial charge in [0.05, 0.1) is 12.7 Å². The molecule has 2 heterocycles. The summed E-state index contributed by atoms with van der Waals surface area (Å²) in [5.41, 5.74) is 4.80. The normalized spacial score (nSPS) is 11.0. The number of hydrogen-bond acceptors (Lipinski definition) is 2. The van der Waals surface area contributed by atoms with E-state index in [4.69, 9.17) is 0 Å². The van der Waals surface area contributed by atoms with Gasteiger partial charge in [0.25, 0.3) is 5.91 Å². The second kappa shape index (κ2) is 7.40. The van der Waals surface area contributed by atoms with Crippen LogP contribution in [0.5, 0.6) is 0 Å². The highest BCUT2D eigenvalue weighted by Crippen LogP contribution is 2.24. The lowest BCUT2D eigenvalue weighted by Crippen LogP contribution is -2.22. The van der Waals surface area contributed by atoms with E-state index in [0.717, 1.165) is 26.5 Å². The minimum Gasteiger partial charge on any atom is -0.350 e. The van der Waals surface area contributed by atoms with Crippen LogP contribution in [-0.2, 0) is 13.1 Å². The van der Waals surface area contributed by atoms with Crippen molar-refractivity contribution in [3.63, 3.8) is 0 Å². The van der Waals surface area contributed by atoms with Gasteiger partial charge in [-0.15, -0.1) is 0 Å². The molecule has 5 nitrogen and oxygen atoms in total. The van der Waals surface area contributed by atoms with E-state index in [-0.39, 0.29) is 5.91 Å². The number of nitrogens with zero attached hydrogens (tertiary/aromatic N) is 2. The Labute approximate surface area is 165 Å². The standard InChI is InChI=1S/C21H19BrN4O/c1-14-7-18(22)8-17-9-19(25-20(14)17)21(27)23-10-16-11-24-26(13-16)12-15-5-3-2-4-6-15/h2-9,11,13,25H,10,12H2,1H3,(H,23,27). The van der Waals surface area contributed by atoms with Gasteiger partial charge < -0.3 is 10.3 Å². The average Bonchev–Trinajstić information content (AvgIpc) is 3.27. The molecule has 2 aromatic heterocycles. The van der Waals surface area contributed by atoms with Crippen LogP contribution in [0.2, 0.25) is 0 Å². The van der Waals surface area contributed by atoms with Crippen LogP contribution in [0.4, 0.5) is 0 Å². The van der Waals surface area contributed by atoms with E-state index in [1.165, 1.54) is 5.56 Å². The van der Waals surface area contributed by atoms with Gasteiger partial charge in [-0.1, -0.05) is 46.3 Å². The van der Waals surface area contributed by atoms with Crippen molar-refractivity contribution in [2.24, 2.45) is 0 Å². The van der Waals surface area contributed by atoms with E-state index in [2.05, 4.69) is 43.5 Å². The zero-order valence-corrected chi connectivity index (χ0v) is 16.5. The topological polar surface area (TPSA) is 62.7 Å². The summed E-state index contributed by atoms with van der Waals surface area (Å²) < 4.78 is 2.88. The fraction of sp³-hybridized carbons (Fsp3) is 0.143. The molecule has 1 amide bonds. The van der Waals surface area contributed by atoms with Crippen molar-refractivity contribution in [3.8, 4) is 0 Å². The van der Waals surface area contributed by atoms with Crippen LogP contribution in [0.3, 0.4) is 0 Å². The lowest BCUT2D eigenvalue weighted by atomic mass is 10.2. The molecule has 0 spiro atoms. The molecule has 0 aliphatic rings. The maximum atomic E-state index is 12.5. The lowest BCUT2D eigenvalue weighted by molar-refractivity contribution is 0.0947.